The smallest absolute Gasteiger partial charge is 0.460 e. The van der Waals surface area contributed by atoms with E-state index in [0.717, 1.165) is 26.8 Å². The second-order valence-corrected chi connectivity index (χ2v) is 13.3. The maximum absolute atomic E-state index is 13.0. The van der Waals surface area contributed by atoms with Crippen LogP contribution in [0.25, 0.3) is 0 Å². The molecule has 3 rings (SSSR count). The Labute approximate surface area is 280 Å². The number of benzene rings is 3. The second kappa shape index (κ2) is 14.1. The van der Waals surface area contributed by atoms with Crippen LogP contribution >= 0.6 is 0 Å². The summed E-state index contributed by atoms with van der Waals surface area (Å²) < 4.78 is 282. The lowest BCUT2D eigenvalue weighted by molar-refractivity contribution is -0.458. The zero-order valence-corrected chi connectivity index (χ0v) is 25.8. The van der Waals surface area contributed by atoms with Gasteiger partial charge in [-0.05, 0) is 48.5 Å². The van der Waals surface area contributed by atoms with Gasteiger partial charge >= 0.3 is 53.1 Å². The molecule has 0 heterocycles. The Kier molecular flexibility index (Phi) is 12.1. The first-order valence-corrected chi connectivity index (χ1v) is 15.4. The summed E-state index contributed by atoms with van der Waals surface area (Å²) in [5.74, 6) is -52.1. The summed E-state index contributed by atoms with van der Waals surface area (Å²) in [5.41, 5.74) is -0.620. The summed E-state index contributed by atoms with van der Waals surface area (Å²) in [5, 5.41) is -7.95. The molecule has 0 bridgehead atoms. The third kappa shape index (κ3) is 7.61. The third-order valence-electron chi connectivity index (χ3n) is 6.38. The highest BCUT2D eigenvalue weighted by Crippen LogP contribution is 2.64. The topological polar surface area (TPSA) is 57.2 Å². The highest BCUT2D eigenvalue weighted by atomic mass is 32.2. The molecule has 0 radical (unpaired) electrons. The van der Waals surface area contributed by atoms with E-state index in [1.165, 1.54) is 0 Å². The summed E-state index contributed by atoms with van der Waals surface area (Å²) >= 11 is 0. The Morgan fingerprint density at radius 2 is 0.692 bits per heavy atom. The first-order chi connectivity index (χ1) is 23.1. The molecule has 3 aromatic rings. The predicted molar refractivity (Wildman–Crippen MR) is 137 cm³/mol. The van der Waals surface area contributed by atoms with Crippen molar-refractivity contribution in [3.63, 3.8) is 0 Å². The van der Waals surface area contributed by atoms with Crippen LogP contribution in [0.4, 0.5) is 87.8 Å². The Morgan fingerprint density at radius 3 is 0.981 bits per heavy atom. The zero-order valence-electron chi connectivity index (χ0n) is 24.2. The van der Waals surface area contributed by atoms with Crippen LogP contribution in [0, 0.1) is 0 Å². The van der Waals surface area contributed by atoms with E-state index >= 15 is 0 Å². The number of rotatable bonds is 10. The maximum Gasteiger partial charge on any atom is 0.460 e. The molecule has 3 aromatic carbocycles. The molecule has 0 aliphatic carbocycles. The minimum absolute atomic E-state index is 0.417. The lowest BCUT2D eigenvalue weighted by atomic mass is 9.91. The summed E-state index contributed by atoms with van der Waals surface area (Å²) in [7, 11) is -8.56. The van der Waals surface area contributed by atoms with Crippen LogP contribution in [0.5, 0.6) is 0 Å². The fourth-order valence-electron chi connectivity index (χ4n) is 3.61. The van der Waals surface area contributed by atoms with E-state index in [-0.39, 0.29) is 0 Å². The molecular weight excluding hydrogens is 816 g/mol. The molecule has 0 aliphatic heterocycles. The van der Waals surface area contributed by atoms with Gasteiger partial charge in [0.05, 0.1) is 16.5 Å². The van der Waals surface area contributed by atoms with E-state index < -0.39 is 79.7 Å². The molecule has 0 amide bonds. The van der Waals surface area contributed by atoms with Crippen LogP contribution in [-0.4, -0.2) is 59.9 Å². The number of hydrogen-bond donors (Lipinski definition) is 0. The molecule has 3 nitrogen and oxygen atoms in total. The standard InChI is InChI=1S/C19H14F3S.C8HF17O3S/c20-19(21,22)15-11-13-18(14-12-15)23(16-7-3-1-4-8-16)17-9-5-2-6-10-17;9-1(10,3(13,14)5(17,18)7(21,22)23)2(11,12)4(15,16)6(19,20)8(24,25)29(26,27)28/h1-14H;(H,26,27,28)/q+1;/p-1. The molecule has 0 spiro atoms. The molecule has 0 fully saturated rings. The van der Waals surface area contributed by atoms with E-state index in [4.69, 9.17) is 0 Å². The van der Waals surface area contributed by atoms with Gasteiger partial charge in [-0.2, -0.15) is 87.8 Å². The SMILES string of the molecule is FC(F)(F)c1ccc([S+](c2ccccc2)c2ccccc2)cc1.O=S(=O)([O-])C(F)(F)C(F)(F)C(F)(F)C(F)(F)C(F)(F)C(F)(F)C(F)(F)C(F)(F)F. The second-order valence-electron chi connectivity index (χ2n) is 9.87. The van der Waals surface area contributed by atoms with Gasteiger partial charge in [0.15, 0.2) is 24.8 Å². The van der Waals surface area contributed by atoms with E-state index in [0.29, 0.717) is 0 Å². The Bertz CT molecular complexity index is 1720. The lowest BCUT2D eigenvalue weighted by Gasteiger charge is -2.42. The van der Waals surface area contributed by atoms with Gasteiger partial charge in [0.2, 0.25) is 0 Å². The molecule has 0 unspecified atom stereocenters. The average molecular weight is 831 g/mol. The monoisotopic (exact) mass is 830 g/mol. The minimum Gasteiger partial charge on any atom is -0.743 e. The fraction of sp³-hybridized carbons (Fsp3) is 0.333. The fourth-order valence-corrected chi connectivity index (χ4v) is 6.13. The van der Waals surface area contributed by atoms with Gasteiger partial charge in [-0.3, -0.25) is 0 Å². The lowest BCUT2D eigenvalue weighted by Crippen LogP contribution is -2.75. The Balaban J connectivity index is 0.000000367. The highest BCUT2D eigenvalue weighted by Gasteiger charge is 2.95. The third-order valence-corrected chi connectivity index (χ3v) is 9.50. The van der Waals surface area contributed by atoms with Crippen molar-refractivity contribution in [2.45, 2.75) is 67.8 Å². The molecule has 0 aliphatic rings. The molecule has 52 heavy (non-hydrogen) atoms. The van der Waals surface area contributed by atoms with Gasteiger partial charge in [0, 0.05) is 0 Å². The van der Waals surface area contributed by atoms with Gasteiger partial charge < -0.3 is 4.55 Å². The Hall–Kier alpha value is -3.48. The van der Waals surface area contributed by atoms with E-state index in [2.05, 4.69) is 0 Å². The van der Waals surface area contributed by atoms with Crippen LogP contribution < -0.4 is 0 Å². The van der Waals surface area contributed by atoms with Crippen molar-refractivity contribution in [3.8, 4) is 0 Å². The molecule has 0 saturated heterocycles. The molecule has 0 N–H and O–H groups in total. The van der Waals surface area contributed by atoms with Crippen LogP contribution in [0.2, 0.25) is 0 Å². The molecule has 0 atom stereocenters. The van der Waals surface area contributed by atoms with Crippen molar-refractivity contribution in [1.29, 1.82) is 0 Å². The van der Waals surface area contributed by atoms with E-state index in [1.54, 1.807) is 12.1 Å². The van der Waals surface area contributed by atoms with Gasteiger partial charge in [0.1, 0.15) is 0 Å². The van der Waals surface area contributed by atoms with E-state index in [9.17, 15) is 101 Å². The summed E-state index contributed by atoms with van der Waals surface area (Å²) in [6, 6.07) is 25.1. The summed E-state index contributed by atoms with van der Waals surface area (Å²) in [6.07, 6.45) is -12.2. The van der Waals surface area contributed by atoms with Gasteiger partial charge in [-0.15, -0.1) is 0 Å². The highest BCUT2D eigenvalue weighted by molar-refractivity contribution is 7.97. The number of alkyl halides is 20. The van der Waals surface area contributed by atoms with Crippen molar-refractivity contribution >= 4 is 21.0 Å². The molecular formula is C27H14F20O3S2. The van der Waals surface area contributed by atoms with Crippen molar-refractivity contribution in [1.82, 2.24) is 0 Å². The summed E-state index contributed by atoms with van der Waals surface area (Å²) in [4.78, 5) is 3.03. The zero-order chi connectivity index (χ0) is 40.8. The van der Waals surface area contributed by atoms with Crippen LogP contribution in [0.1, 0.15) is 5.56 Å². The summed E-state index contributed by atoms with van der Waals surface area (Å²) in [6.45, 7) is 0. The van der Waals surface area contributed by atoms with Gasteiger partial charge in [-0.25, -0.2) is 8.42 Å². The first-order valence-electron chi connectivity index (χ1n) is 12.7. The number of hydrogen-bond acceptors (Lipinski definition) is 3. The largest absolute Gasteiger partial charge is 0.743 e. The number of halogens is 20. The normalized spacial score (nSPS) is 14.6. The van der Waals surface area contributed by atoms with Gasteiger partial charge in [0.25, 0.3) is 0 Å². The van der Waals surface area contributed by atoms with Crippen LogP contribution in [-0.2, 0) is 27.2 Å². The average Bonchev–Trinajstić information content (AvgIpc) is 3.00. The Morgan fingerprint density at radius 1 is 0.404 bits per heavy atom. The van der Waals surface area contributed by atoms with Crippen molar-refractivity contribution < 1.29 is 101 Å². The minimum atomic E-state index is -8.92. The van der Waals surface area contributed by atoms with Gasteiger partial charge in [-0.1, -0.05) is 36.4 Å². The van der Waals surface area contributed by atoms with E-state index in [1.807, 2.05) is 60.7 Å². The van der Waals surface area contributed by atoms with Crippen molar-refractivity contribution in [2.24, 2.45) is 0 Å². The predicted octanol–water partition coefficient (Wildman–Crippen LogP) is 10.3. The first kappa shape index (κ1) is 44.7. The van der Waals surface area contributed by atoms with Crippen LogP contribution in [0.15, 0.2) is 99.6 Å². The van der Waals surface area contributed by atoms with Crippen LogP contribution in [0.3, 0.4) is 0 Å². The molecule has 0 aromatic heterocycles. The quantitative estimate of drug-likeness (QED) is 0.116. The maximum atomic E-state index is 13.0. The molecule has 25 heteroatoms. The molecule has 0 saturated carbocycles. The van der Waals surface area contributed by atoms with Crippen molar-refractivity contribution in [3.05, 3.63) is 90.5 Å². The molecule has 292 valence electrons. The van der Waals surface area contributed by atoms with Crippen molar-refractivity contribution in [2.75, 3.05) is 0 Å².